The molecular formula is C18H16N4O. The van der Waals surface area contributed by atoms with Crippen molar-refractivity contribution in [2.24, 2.45) is 0 Å². The van der Waals surface area contributed by atoms with Gasteiger partial charge in [0.05, 0.1) is 12.5 Å². The molecule has 0 amide bonds. The molecule has 0 aliphatic carbocycles. The second-order valence-electron chi connectivity index (χ2n) is 5.24. The third-order valence-electron chi connectivity index (χ3n) is 3.72. The largest absolute Gasteiger partial charge is 0.361 e. The molecule has 0 spiro atoms. The molecule has 23 heavy (non-hydrogen) atoms. The summed E-state index contributed by atoms with van der Waals surface area (Å²) in [5.74, 6) is 0.758. The molecule has 0 aliphatic heterocycles. The number of hydrogen-bond donors (Lipinski definition) is 2. The van der Waals surface area contributed by atoms with E-state index in [1.165, 1.54) is 0 Å². The average molecular weight is 304 g/mol. The third kappa shape index (κ3) is 3.06. The van der Waals surface area contributed by atoms with E-state index in [1.807, 2.05) is 31.3 Å². The number of anilines is 2. The highest BCUT2D eigenvalue weighted by atomic mass is 16.1. The summed E-state index contributed by atoms with van der Waals surface area (Å²) in [5, 5.41) is 13.1. The fourth-order valence-electron chi connectivity index (χ4n) is 2.47. The number of nitrogens with zero attached hydrogens (tertiary/aromatic N) is 2. The van der Waals surface area contributed by atoms with Gasteiger partial charge in [-0.1, -0.05) is 6.92 Å². The van der Waals surface area contributed by atoms with E-state index in [0.29, 0.717) is 24.2 Å². The Bertz CT molecular complexity index is 888. The van der Waals surface area contributed by atoms with Crippen LogP contribution in [0, 0.1) is 11.3 Å². The minimum Gasteiger partial charge on any atom is -0.361 e. The molecule has 0 aliphatic rings. The number of H-pyrrole nitrogens is 1. The number of carbonyl (C=O) groups excluding carboxylic acids is 1. The molecule has 2 heterocycles. The monoisotopic (exact) mass is 304 g/mol. The van der Waals surface area contributed by atoms with Gasteiger partial charge in [0.1, 0.15) is 5.82 Å². The van der Waals surface area contributed by atoms with Crippen molar-refractivity contribution in [3.8, 4) is 6.07 Å². The Balaban J connectivity index is 1.85. The van der Waals surface area contributed by atoms with Gasteiger partial charge >= 0.3 is 0 Å². The zero-order chi connectivity index (χ0) is 16.2. The number of nitriles is 1. The summed E-state index contributed by atoms with van der Waals surface area (Å²) in [5.41, 5.74) is 3.48. The predicted molar refractivity (Wildman–Crippen MR) is 89.8 cm³/mol. The molecule has 0 atom stereocenters. The van der Waals surface area contributed by atoms with Crippen molar-refractivity contribution in [2.45, 2.75) is 19.8 Å². The van der Waals surface area contributed by atoms with Crippen LogP contribution in [0.15, 0.2) is 42.7 Å². The fourth-order valence-corrected chi connectivity index (χ4v) is 2.47. The number of pyridine rings is 1. The highest BCUT2D eigenvalue weighted by Gasteiger charge is 2.06. The summed E-state index contributed by atoms with van der Waals surface area (Å²) >= 11 is 0. The van der Waals surface area contributed by atoms with Crippen molar-refractivity contribution < 1.29 is 4.79 Å². The maximum atomic E-state index is 11.6. The molecule has 0 unspecified atom stereocenters. The van der Waals surface area contributed by atoms with Crippen molar-refractivity contribution in [1.29, 1.82) is 5.26 Å². The van der Waals surface area contributed by atoms with E-state index in [9.17, 15) is 4.79 Å². The van der Waals surface area contributed by atoms with Gasteiger partial charge < -0.3 is 10.3 Å². The molecule has 114 valence electrons. The van der Waals surface area contributed by atoms with Gasteiger partial charge in [-0.15, -0.1) is 0 Å². The van der Waals surface area contributed by atoms with E-state index in [1.54, 1.807) is 18.3 Å². The zero-order valence-electron chi connectivity index (χ0n) is 12.8. The van der Waals surface area contributed by atoms with Crippen LogP contribution in [-0.2, 0) is 6.42 Å². The smallest absolute Gasteiger partial charge is 0.164 e. The summed E-state index contributed by atoms with van der Waals surface area (Å²) in [6, 6.07) is 11.6. The molecule has 2 aromatic heterocycles. The lowest BCUT2D eigenvalue weighted by Gasteiger charge is -2.07. The van der Waals surface area contributed by atoms with Crippen LogP contribution in [0.25, 0.3) is 10.9 Å². The normalized spacial score (nSPS) is 10.4. The van der Waals surface area contributed by atoms with Crippen molar-refractivity contribution in [3.63, 3.8) is 0 Å². The third-order valence-corrected chi connectivity index (χ3v) is 3.72. The average Bonchev–Trinajstić information content (AvgIpc) is 2.98. The maximum absolute atomic E-state index is 11.6. The van der Waals surface area contributed by atoms with Crippen LogP contribution >= 0.6 is 0 Å². The number of benzene rings is 1. The number of ketones is 1. The minimum atomic E-state index is 0.0823. The summed E-state index contributed by atoms with van der Waals surface area (Å²) < 4.78 is 0. The number of rotatable bonds is 5. The lowest BCUT2D eigenvalue weighted by Crippen LogP contribution is -1.99. The summed E-state index contributed by atoms with van der Waals surface area (Å²) in [6.45, 7) is 1.83. The van der Waals surface area contributed by atoms with Crippen molar-refractivity contribution in [2.75, 3.05) is 5.32 Å². The Kier molecular flexibility index (Phi) is 4.07. The molecule has 0 saturated heterocycles. The molecule has 1 aromatic carbocycles. The molecule has 0 radical (unpaired) electrons. The van der Waals surface area contributed by atoms with E-state index < -0.39 is 0 Å². The van der Waals surface area contributed by atoms with Crippen LogP contribution in [0.5, 0.6) is 0 Å². The Morgan fingerprint density at radius 3 is 2.91 bits per heavy atom. The number of hydrogen-bond acceptors (Lipinski definition) is 4. The van der Waals surface area contributed by atoms with Crippen LogP contribution in [0.3, 0.4) is 0 Å². The highest BCUT2D eigenvalue weighted by molar-refractivity contribution is 5.95. The van der Waals surface area contributed by atoms with Gasteiger partial charge in [0.15, 0.2) is 5.78 Å². The predicted octanol–water partition coefficient (Wildman–Crippen LogP) is 3.97. The van der Waals surface area contributed by atoms with E-state index in [2.05, 4.69) is 21.4 Å². The second kappa shape index (κ2) is 6.32. The quantitative estimate of drug-likeness (QED) is 0.699. The first-order valence-corrected chi connectivity index (χ1v) is 7.44. The van der Waals surface area contributed by atoms with Gasteiger partial charge in [-0.05, 0) is 35.9 Å². The molecule has 5 heteroatoms. The molecule has 3 rings (SSSR count). The standard InChI is InChI=1S/C18H16N4O/c1-2-17(23)13-3-6-18(21-11-13)22-14-4-5-16-15(9-14)12(7-8-19)10-20-16/h3-6,9-11,20H,2,7H2,1H3,(H,21,22). The van der Waals surface area contributed by atoms with Crippen LogP contribution < -0.4 is 5.32 Å². The van der Waals surface area contributed by atoms with E-state index in [-0.39, 0.29) is 5.78 Å². The van der Waals surface area contributed by atoms with E-state index in [4.69, 9.17) is 5.26 Å². The highest BCUT2D eigenvalue weighted by Crippen LogP contribution is 2.24. The Morgan fingerprint density at radius 2 is 2.22 bits per heavy atom. The lowest BCUT2D eigenvalue weighted by molar-refractivity contribution is 0.0988. The number of aromatic amines is 1. The van der Waals surface area contributed by atoms with Gasteiger partial charge in [0.25, 0.3) is 0 Å². The van der Waals surface area contributed by atoms with E-state index >= 15 is 0 Å². The maximum Gasteiger partial charge on any atom is 0.164 e. The summed E-state index contributed by atoms with van der Waals surface area (Å²) in [7, 11) is 0. The SMILES string of the molecule is CCC(=O)c1ccc(Nc2ccc3[nH]cc(CC#N)c3c2)nc1. The second-order valence-corrected chi connectivity index (χ2v) is 5.24. The van der Waals surface area contributed by atoms with Crippen molar-refractivity contribution in [1.82, 2.24) is 9.97 Å². The Labute approximate surface area is 134 Å². The molecule has 2 N–H and O–H groups in total. The van der Waals surface area contributed by atoms with Gasteiger partial charge in [0, 0.05) is 41.0 Å². The summed E-state index contributed by atoms with van der Waals surface area (Å²) in [4.78, 5) is 19.0. The molecule has 0 bridgehead atoms. The topological polar surface area (TPSA) is 81.6 Å². The number of nitrogens with one attached hydrogen (secondary N) is 2. The first-order valence-electron chi connectivity index (χ1n) is 7.44. The number of fused-ring (bicyclic) bond motifs is 1. The minimum absolute atomic E-state index is 0.0823. The molecular weight excluding hydrogens is 288 g/mol. The van der Waals surface area contributed by atoms with Crippen LogP contribution in [0.2, 0.25) is 0 Å². The molecule has 0 saturated carbocycles. The van der Waals surface area contributed by atoms with Gasteiger partial charge in [-0.2, -0.15) is 5.26 Å². The zero-order valence-corrected chi connectivity index (χ0v) is 12.8. The summed E-state index contributed by atoms with van der Waals surface area (Å²) in [6.07, 6.45) is 4.29. The van der Waals surface area contributed by atoms with Gasteiger partial charge in [-0.3, -0.25) is 4.79 Å². The fraction of sp³-hybridized carbons (Fsp3) is 0.167. The van der Waals surface area contributed by atoms with Crippen LogP contribution in [0.1, 0.15) is 29.3 Å². The number of aromatic nitrogens is 2. The molecule has 3 aromatic rings. The lowest BCUT2D eigenvalue weighted by atomic mass is 10.1. The van der Waals surface area contributed by atoms with E-state index in [0.717, 1.165) is 22.2 Å². The van der Waals surface area contributed by atoms with Crippen LogP contribution in [-0.4, -0.2) is 15.8 Å². The Morgan fingerprint density at radius 1 is 1.35 bits per heavy atom. The Hall–Kier alpha value is -3.13. The molecule has 5 nitrogen and oxygen atoms in total. The van der Waals surface area contributed by atoms with Crippen molar-refractivity contribution >= 4 is 28.2 Å². The van der Waals surface area contributed by atoms with Crippen molar-refractivity contribution in [3.05, 3.63) is 53.9 Å². The number of Topliss-reactive ketones (excluding diaryl/α,β-unsaturated/α-hetero) is 1. The van der Waals surface area contributed by atoms with Crippen LogP contribution in [0.4, 0.5) is 11.5 Å². The molecule has 0 fully saturated rings. The first-order chi connectivity index (χ1) is 11.2. The number of carbonyl (C=O) groups is 1. The first kappa shape index (κ1) is 14.8. The van der Waals surface area contributed by atoms with Gasteiger partial charge in [-0.25, -0.2) is 4.98 Å². The van der Waals surface area contributed by atoms with Gasteiger partial charge in [0.2, 0.25) is 0 Å².